The number of rotatable bonds is 3. The highest BCUT2D eigenvalue weighted by Gasteiger charge is 2.12. The summed E-state index contributed by atoms with van der Waals surface area (Å²) in [7, 11) is 1.59. The van der Waals surface area contributed by atoms with Gasteiger partial charge in [-0.25, -0.2) is 0 Å². The van der Waals surface area contributed by atoms with Crippen LogP contribution < -0.4 is 5.11 Å². The van der Waals surface area contributed by atoms with Crippen molar-refractivity contribution >= 4 is 5.90 Å². The summed E-state index contributed by atoms with van der Waals surface area (Å²) in [5.74, 6) is 0.880. The predicted octanol–water partition coefficient (Wildman–Crippen LogP) is 1.74. The molecule has 1 saturated carbocycles. The zero-order valence-electron chi connectivity index (χ0n) is 7.88. The molecule has 2 heteroatoms. The van der Waals surface area contributed by atoms with Crippen LogP contribution in [0.15, 0.2) is 4.99 Å². The van der Waals surface area contributed by atoms with Crippen molar-refractivity contribution in [3.8, 4) is 0 Å². The Kier molecular flexibility index (Phi) is 4.12. The van der Waals surface area contributed by atoms with Crippen LogP contribution >= 0.6 is 0 Å². The van der Waals surface area contributed by atoms with Crippen LogP contribution in [0.25, 0.3) is 0 Å². The highest BCUT2D eigenvalue weighted by atomic mass is 16.3. The molecule has 0 saturated heterocycles. The Hall–Kier alpha value is -0.530. The fraction of sp³-hybridized carbons (Fsp3) is 0.900. The second kappa shape index (κ2) is 5.18. The minimum Gasteiger partial charge on any atom is -0.862 e. The maximum absolute atomic E-state index is 10.9. The molecule has 0 aromatic carbocycles. The largest absolute Gasteiger partial charge is 0.862 e. The van der Waals surface area contributed by atoms with Gasteiger partial charge in [0.1, 0.15) is 0 Å². The molecular formula is C10H18NO-. The van der Waals surface area contributed by atoms with E-state index in [0.717, 1.165) is 12.3 Å². The second-order valence-corrected chi connectivity index (χ2v) is 3.66. The fourth-order valence-electron chi connectivity index (χ4n) is 1.92. The highest BCUT2D eigenvalue weighted by Crippen LogP contribution is 2.26. The fourth-order valence-corrected chi connectivity index (χ4v) is 1.92. The third-order valence-corrected chi connectivity index (χ3v) is 2.74. The van der Waals surface area contributed by atoms with Crippen molar-refractivity contribution in [1.82, 2.24) is 0 Å². The van der Waals surface area contributed by atoms with E-state index in [1.807, 2.05) is 0 Å². The van der Waals surface area contributed by atoms with E-state index >= 15 is 0 Å². The standard InChI is InChI=1S/C10H19NO/c1-11-10(12)8-7-9-5-3-2-4-6-9/h9H,2-8H2,1H3,(H,11,12)/p-1. The lowest BCUT2D eigenvalue weighted by molar-refractivity contribution is -0.219. The minimum absolute atomic E-state index is 0.0700. The Bertz CT molecular complexity index is 148. The van der Waals surface area contributed by atoms with Gasteiger partial charge in [-0.2, -0.15) is 0 Å². The summed E-state index contributed by atoms with van der Waals surface area (Å²) in [6.45, 7) is 0. The van der Waals surface area contributed by atoms with Gasteiger partial charge < -0.3 is 10.1 Å². The van der Waals surface area contributed by atoms with E-state index in [1.54, 1.807) is 7.05 Å². The van der Waals surface area contributed by atoms with Gasteiger partial charge in [0.05, 0.1) is 0 Å². The number of hydrogen-bond donors (Lipinski definition) is 0. The average Bonchev–Trinajstić information content (AvgIpc) is 2.16. The van der Waals surface area contributed by atoms with Gasteiger partial charge in [-0.15, -0.1) is 0 Å². The Labute approximate surface area is 74.7 Å². The lowest BCUT2D eigenvalue weighted by atomic mass is 9.86. The Morgan fingerprint density at radius 2 is 2.00 bits per heavy atom. The number of nitrogens with zero attached hydrogens (tertiary/aromatic N) is 1. The van der Waals surface area contributed by atoms with Gasteiger partial charge in [0.2, 0.25) is 0 Å². The third-order valence-electron chi connectivity index (χ3n) is 2.74. The first-order chi connectivity index (χ1) is 5.83. The van der Waals surface area contributed by atoms with Gasteiger partial charge >= 0.3 is 0 Å². The lowest BCUT2D eigenvalue weighted by Crippen LogP contribution is -2.19. The van der Waals surface area contributed by atoms with Crippen LogP contribution in [-0.4, -0.2) is 12.9 Å². The van der Waals surface area contributed by atoms with E-state index in [0.29, 0.717) is 6.42 Å². The molecule has 1 aliphatic carbocycles. The van der Waals surface area contributed by atoms with Crippen LogP contribution in [0.5, 0.6) is 0 Å². The van der Waals surface area contributed by atoms with Crippen molar-refractivity contribution in [2.45, 2.75) is 44.9 Å². The zero-order valence-corrected chi connectivity index (χ0v) is 7.88. The normalized spacial score (nSPS) is 21.2. The molecule has 0 radical (unpaired) electrons. The molecule has 1 aliphatic rings. The van der Waals surface area contributed by atoms with E-state index in [-0.39, 0.29) is 5.90 Å². The van der Waals surface area contributed by atoms with Crippen molar-refractivity contribution in [3.63, 3.8) is 0 Å². The summed E-state index contributed by atoms with van der Waals surface area (Å²) in [6.07, 6.45) is 8.51. The number of aliphatic imine (C=N–C) groups is 1. The zero-order chi connectivity index (χ0) is 8.81. The van der Waals surface area contributed by atoms with Crippen LogP contribution in [0.1, 0.15) is 44.9 Å². The minimum atomic E-state index is 0.0700. The van der Waals surface area contributed by atoms with E-state index in [1.165, 1.54) is 32.1 Å². The quantitative estimate of drug-likeness (QED) is 0.467. The van der Waals surface area contributed by atoms with Crippen molar-refractivity contribution in [2.75, 3.05) is 7.05 Å². The first kappa shape index (κ1) is 9.56. The van der Waals surface area contributed by atoms with Crippen molar-refractivity contribution in [2.24, 2.45) is 10.9 Å². The van der Waals surface area contributed by atoms with E-state index in [4.69, 9.17) is 0 Å². The predicted molar refractivity (Wildman–Crippen MR) is 49.2 cm³/mol. The van der Waals surface area contributed by atoms with Crippen LogP contribution in [-0.2, 0) is 0 Å². The SMILES string of the molecule is CN=C([O-])CCC1CCCCC1. The maximum Gasteiger partial charge on any atom is 0.0265 e. The summed E-state index contributed by atoms with van der Waals surface area (Å²) >= 11 is 0. The molecule has 0 heterocycles. The topological polar surface area (TPSA) is 35.4 Å². The molecule has 1 fully saturated rings. The van der Waals surface area contributed by atoms with Crippen LogP contribution in [0.3, 0.4) is 0 Å². The van der Waals surface area contributed by atoms with Crippen LogP contribution in [0, 0.1) is 5.92 Å². The number of hydrogen-bond acceptors (Lipinski definition) is 2. The molecule has 0 unspecified atom stereocenters. The van der Waals surface area contributed by atoms with E-state index in [2.05, 4.69) is 4.99 Å². The Morgan fingerprint density at radius 1 is 1.33 bits per heavy atom. The van der Waals surface area contributed by atoms with Gasteiger partial charge in [0.15, 0.2) is 0 Å². The monoisotopic (exact) mass is 168 g/mol. The van der Waals surface area contributed by atoms with Gasteiger partial charge in [-0.1, -0.05) is 32.1 Å². The molecule has 0 spiro atoms. The first-order valence-corrected chi connectivity index (χ1v) is 4.95. The summed E-state index contributed by atoms with van der Waals surface area (Å²) in [4.78, 5) is 3.63. The Morgan fingerprint density at radius 3 is 2.58 bits per heavy atom. The molecule has 0 aromatic rings. The van der Waals surface area contributed by atoms with E-state index in [9.17, 15) is 5.11 Å². The van der Waals surface area contributed by atoms with E-state index < -0.39 is 0 Å². The molecule has 70 valence electrons. The summed E-state index contributed by atoms with van der Waals surface area (Å²) in [5.41, 5.74) is 0. The highest BCUT2D eigenvalue weighted by molar-refractivity contribution is 5.71. The maximum atomic E-state index is 10.9. The van der Waals surface area contributed by atoms with Gasteiger partial charge in [-0.05, 0) is 24.7 Å². The van der Waals surface area contributed by atoms with Crippen molar-refractivity contribution in [1.29, 1.82) is 0 Å². The summed E-state index contributed by atoms with van der Waals surface area (Å²) in [6, 6.07) is 0. The molecule has 1 rings (SSSR count). The first-order valence-electron chi connectivity index (χ1n) is 4.95. The van der Waals surface area contributed by atoms with Gasteiger partial charge in [-0.3, -0.25) is 0 Å². The van der Waals surface area contributed by atoms with Crippen LogP contribution in [0.2, 0.25) is 0 Å². The van der Waals surface area contributed by atoms with Gasteiger partial charge in [0.25, 0.3) is 0 Å². The van der Waals surface area contributed by atoms with Crippen LogP contribution in [0.4, 0.5) is 0 Å². The molecular weight excluding hydrogens is 150 g/mol. The molecule has 2 nitrogen and oxygen atoms in total. The molecule has 12 heavy (non-hydrogen) atoms. The average molecular weight is 168 g/mol. The second-order valence-electron chi connectivity index (χ2n) is 3.66. The molecule has 0 atom stereocenters. The molecule has 0 aromatic heterocycles. The molecule has 0 N–H and O–H groups in total. The molecule has 0 bridgehead atoms. The van der Waals surface area contributed by atoms with Gasteiger partial charge in [0, 0.05) is 7.05 Å². The lowest BCUT2D eigenvalue weighted by Gasteiger charge is -2.22. The van der Waals surface area contributed by atoms with Crippen molar-refractivity contribution in [3.05, 3.63) is 0 Å². The molecule has 0 aliphatic heterocycles. The summed E-state index contributed by atoms with van der Waals surface area (Å²) < 4.78 is 0. The molecule has 0 amide bonds. The van der Waals surface area contributed by atoms with Crippen molar-refractivity contribution < 1.29 is 5.11 Å². The third kappa shape index (κ3) is 3.24. The summed E-state index contributed by atoms with van der Waals surface area (Å²) in [5, 5.41) is 10.9. The smallest absolute Gasteiger partial charge is 0.0265 e. The Balaban J connectivity index is 2.13.